The number of ether oxygens (including phenoxy) is 1. The van der Waals surface area contributed by atoms with Gasteiger partial charge in [-0.05, 0) is 18.4 Å². The van der Waals surface area contributed by atoms with Crippen molar-refractivity contribution in [3.8, 4) is 5.75 Å². The van der Waals surface area contributed by atoms with Gasteiger partial charge in [0.25, 0.3) is 0 Å². The molecule has 0 bridgehead atoms. The van der Waals surface area contributed by atoms with Crippen LogP contribution in [-0.2, 0) is 0 Å². The van der Waals surface area contributed by atoms with Crippen LogP contribution in [0.3, 0.4) is 0 Å². The van der Waals surface area contributed by atoms with Gasteiger partial charge in [-0.1, -0.05) is 18.2 Å². The third-order valence-corrected chi connectivity index (χ3v) is 2.99. The Labute approximate surface area is 90.1 Å². The van der Waals surface area contributed by atoms with E-state index in [0.29, 0.717) is 12.0 Å². The molecule has 0 aromatic heterocycles. The molecule has 0 amide bonds. The standard InChI is InChI=1S/C12H17NO2/c1-15-12-5-3-2-4-10(12)11-6-9(8-14)7-13-11/h2-5,9,11,13-14H,6-8H2,1H3/t9-,11-/m0/s1. The van der Waals surface area contributed by atoms with E-state index < -0.39 is 0 Å². The SMILES string of the molecule is COc1ccccc1[C@@H]1C[C@H](CO)CN1. The molecule has 82 valence electrons. The predicted octanol–water partition coefficient (Wildman–Crippen LogP) is 1.34. The minimum absolute atomic E-state index is 0.263. The Morgan fingerprint density at radius 1 is 1.47 bits per heavy atom. The van der Waals surface area contributed by atoms with Gasteiger partial charge in [-0.25, -0.2) is 0 Å². The van der Waals surface area contributed by atoms with E-state index in [4.69, 9.17) is 9.84 Å². The Hall–Kier alpha value is -1.06. The average Bonchev–Trinajstić information content (AvgIpc) is 2.77. The van der Waals surface area contributed by atoms with Crippen LogP contribution in [0.1, 0.15) is 18.0 Å². The number of aliphatic hydroxyl groups is 1. The molecule has 0 radical (unpaired) electrons. The molecule has 15 heavy (non-hydrogen) atoms. The number of aliphatic hydroxyl groups excluding tert-OH is 1. The molecule has 0 aliphatic carbocycles. The number of hydrogen-bond donors (Lipinski definition) is 2. The van der Waals surface area contributed by atoms with E-state index in [-0.39, 0.29) is 6.61 Å². The molecule has 3 heteroatoms. The van der Waals surface area contributed by atoms with Crippen molar-refractivity contribution in [1.82, 2.24) is 5.32 Å². The second kappa shape index (κ2) is 4.64. The zero-order chi connectivity index (χ0) is 10.7. The first kappa shape index (κ1) is 10.5. The second-order valence-electron chi connectivity index (χ2n) is 3.99. The fourth-order valence-corrected chi connectivity index (χ4v) is 2.14. The number of benzene rings is 1. The maximum absolute atomic E-state index is 9.09. The van der Waals surface area contributed by atoms with E-state index in [9.17, 15) is 0 Å². The highest BCUT2D eigenvalue weighted by atomic mass is 16.5. The van der Waals surface area contributed by atoms with Gasteiger partial charge in [-0.15, -0.1) is 0 Å². The van der Waals surface area contributed by atoms with Crippen molar-refractivity contribution in [3.05, 3.63) is 29.8 Å². The minimum atomic E-state index is 0.263. The van der Waals surface area contributed by atoms with Gasteiger partial charge in [0.1, 0.15) is 5.75 Å². The summed E-state index contributed by atoms with van der Waals surface area (Å²) in [5.41, 5.74) is 1.19. The van der Waals surface area contributed by atoms with Crippen molar-refractivity contribution in [2.45, 2.75) is 12.5 Å². The molecule has 2 N–H and O–H groups in total. The van der Waals surface area contributed by atoms with Crippen molar-refractivity contribution in [1.29, 1.82) is 0 Å². The number of nitrogens with one attached hydrogen (secondary N) is 1. The lowest BCUT2D eigenvalue weighted by molar-refractivity contribution is 0.235. The Kier molecular flexibility index (Phi) is 3.23. The van der Waals surface area contributed by atoms with Crippen LogP contribution in [0.4, 0.5) is 0 Å². The molecule has 1 heterocycles. The maximum Gasteiger partial charge on any atom is 0.123 e. The van der Waals surface area contributed by atoms with E-state index in [1.54, 1.807) is 7.11 Å². The second-order valence-corrected chi connectivity index (χ2v) is 3.99. The van der Waals surface area contributed by atoms with Crippen LogP contribution in [0.15, 0.2) is 24.3 Å². The van der Waals surface area contributed by atoms with Crippen molar-refractivity contribution >= 4 is 0 Å². The fraction of sp³-hybridized carbons (Fsp3) is 0.500. The maximum atomic E-state index is 9.09. The minimum Gasteiger partial charge on any atom is -0.496 e. The summed E-state index contributed by atoms with van der Waals surface area (Å²) in [6.07, 6.45) is 0.983. The van der Waals surface area contributed by atoms with Crippen molar-refractivity contribution in [2.24, 2.45) is 5.92 Å². The monoisotopic (exact) mass is 207 g/mol. The fourth-order valence-electron chi connectivity index (χ4n) is 2.14. The molecule has 1 fully saturated rings. The lowest BCUT2D eigenvalue weighted by atomic mass is 10.00. The highest BCUT2D eigenvalue weighted by Gasteiger charge is 2.26. The van der Waals surface area contributed by atoms with E-state index >= 15 is 0 Å². The van der Waals surface area contributed by atoms with Crippen LogP contribution in [0.2, 0.25) is 0 Å². The summed E-state index contributed by atoms with van der Waals surface area (Å²) in [5, 5.41) is 12.5. The van der Waals surface area contributed by atoms with Crippen molar-refractivity contribution < 1.29 is 9.84 Å². The molecular weight excluding hydrogens is 190 g/mol. The molecule has 2 rings (SSSR count). The normalized spacial score (nSPS) is 25.5. The van der Waals surface area contributed by atoms with E-state index in [2.05, 4.69) is 11.4 Å². The summed E-state index contributed by atoms with van der Waals surface area (Å²) in [6, 6.07) is 8.37. The molecule has 0 spiro atoms. The Morgan fingerprint density at radius 2 is 2.27 bits per heavy atom. The Bertz CT molecular complexity index is 327. The molecule has 1 aromatic rings. The number of rotatable bonds is 3. The summed E-state index contributed by atoms with van der Waals surface area (Å²) in [5.74, 6) is 1.30. The van der Waals surface area contributed by atoms with Crippen LogP contribution >= 0.6 is 0 Å². The van der Waals surface area contributed by atoms with E-state index in [1.165, 1.54) is 5.56 Å². The molecule has 0 unspecified atom stereocenters. The van der Waals surface area contributed by atoms with E-state index in [0.717, 1.165) is 18.7 Å². The van der Waals surface area contributed by atoms with Gasteiger partial charge in [0.2, 0.25) is 0 Å². The lowest BCUT2D eigenvalue weighted by Crippen LogP contribution is -2.15. The summed E-state index contributed by atoms with van der Waals surface area (Å²) in [6.45, 7) is 1.15. The van der Waals surface area contributed by atoms with Crippen LogP contribution in [0.25, 0.3) is 0 Å². The lowest BCUT2D eigenvalue weighted by Gasteiger charge is -2.14. The molecule has 0 saturated carbocycles. The molecule has 1 saturated heterocycles. The third kappa shape index (κ3) is 2.13. The molecule has 3 nitrogen and oxygen atoms in total. The van der Waals surface area contributed by atoms with E-state index in [1.807, 2.05) is 18.2 Å². The summed E-state index contributed by atoms with van der Waals surface area (Å²) in [4.78, 5) is 0. The molecule has 1 aromatic carbocycles. The third-order valence-electron chi connectivity index (χ3n) is 2.99. The average molecular weight is 207 g/mol. The highest BCUT2D eigenvalue weighted by Crippen LogP contribution is 2.32. The van der Waals surface area contributed by atoms with Crippen LogP contribution < -0.4 is 10.1 Å². The first-order valence-corrected chi connectivity index (χ1v) is 5.32. The van der Waals surface area contributed by atoms with Gasteiger partial charge < -0.3 is 15.2 Å². The zero-order valence-corrected chi connectivity index (χ0v) is 8.94. The predicted molar refractivity (Wildman–Crippen MR) is 58.9 cm³/mol. The smallest absolute Gasteiger partial charge is 0.123 e. The first-order valence-electron chi connectivity index (χ1n) is 5.32. The molecular formula is C12H17NO2. The summed E-state index contributed by atoms with van der Waals surface area (Å²) < 4.78 is 5.32. The molecule has 2 atom stereocenters. The van der Waals surface area contributed by atoms with Gasteiger partial charge in [-0.3, -0.25) is 0 Å². The number of para-hydroxylation sites is 1. The highest BCUT2D eigenvalue weighted by molar-refractivity contribution is 5.36. The summed E-state index contributed by atoms with van der Waals surface area (Å²) in [7, 11) is 1.69. The topological polar surface area (TPSA) is 41.5 Å². The molecule has 1 aliphatic rings. The van der Waals surface area contributed by atoms with Gasteiger partial charge in [0.05, 0.1) is 7.11 Å². The van der Waals surface area contributed by atoms with Gasteiger partial charge >= 0.3 is 0 Å². The quantitative estimate of drug-likeness (QED) is 0.786. The number of hydrogen-bond acceptors (Lipinski definition) is 3. The van der Waals surface area contributed by atoms with Gasteiger partial charge in [0.15, 0.2) is 0 Å². The van der Waals surface area contributed by atoms with Crippen LogP contribution in [0.5, 0.6) is 5.75 Å². The van der Waals surface area contributed by atoms with Gasteiger partial charge in [-0.2, -0.15) is 0 Å². The van der Waals surface area contributed by atoms with Crippen LogP contribution in [0, 0.1) is 5.92 Å². The van der Waals surface area contributed by atoms with Crippen molar-refractivity contribution in [2.75, 3.05) is 20.3 Å². The zero-order valence-electron chi connectivity index (χ0n) is 8.94. The number of methoxy groups -OCH3 is 1. The van der Waals surface area contributed by atoms with Crippen molar-refractivity contribution in [3.63, 3.8) is 0 Å². The Morgan fingerprint density at radius 3 is 2.93 bits per heavy atom. The summed E-state index contributed by atoms with van der Waals surface area (Å²) >= 11 is 0. The largest absolute Gasteiger partial charge is 0.496 e. The van der Waals surface area contributed by atoms with Gasteiger partial charge in [0, 0.05) is 24.8 Å². The Balaban J connectivity index is 2.16. The molecule has 1 aliphatic heterocycles. The van der Waals surface area contributed by atoms with Crippen LogP contribution in [-0.4, -0.2) is 25.4 Å². The first-order chi connectivity index (χ1) is 7.35.